The standard InChI is InChI=1S/C10H7F3N2O2/c11-6-1-3-7(4-2-6)15-8(5-16)17-10(14-15)9(12)13/h1-5,8-9H. The van der Waals surface area contributed by atoms with E-state index in [1.807, 2.05) is 0 Å². The van der Waals surface area contributed by atoms with Gasteiger partial charge in [-0.05, 0) is 24.3 Å². The number of benzene rings is 1. The zero-order chi connectivity index (χ0) is 12.4. The van der Waals surface area contributed by atoms with Crippen LogP contribution in [0.2, 0.25) is 0 Å². The molecule has 0 radical (unpaired) electrons. The zero-order valence-corrected chi connectivity index (χ0v) is 8.39. The number of anilines is 1. The van der Waals surface area contributed by atoms with Crippen LogP contribution in [0.15, 0.2) is 29.4 Å². The Morgan fingerprint density at radius 3 is 2.53 bits per heavy atom. The first-order chi connectivity index (χ1) is 8.11. The van der Waals surface area contributed by atoms with Gasteiger partial charge in [0.25, 0.3) is 5.90 Å². The van der Waals surface area contributed by atoms with Crippen molar-refractivity contribution in [3.8, 4) is 0 Å². The predicted molar refractivity (Wildman–Crippen MR) is 53.3 cm³/mol. The number of ether oxygens (including phenoxy) is 1. The van der Waals surface area contributed by atoms with E-state index in [0.717, 1.165) is 17.1 Å². The van der Waals surface area contributed by atoms with E-state index in [9.17, 15) is 18.0 Å². The monoisotopic (exact) mass is 244 g/mol. The van der Waals surface area contributed by atoms with Crippen molar-refractivity contribution >= 4 is 17.9 Å². The molecule has 0 aliphatic carbocycles. The third-order valence-corrected chi connectivity index (χ3v) is 2.08. The molecule has 17 heavy (non-hydrogen) atoms. The van der Waals surface area contributed by atoms with E-state index >= 15 is 0 Å². The molecule has 0 saturated carbocycles. The lowest BCUT2D eigenvalue weighted by atomic mass is 10.3. The Morgan fingerprint density at radius 2 is 2.00 bits per heavy atom. The van der Waals surface area contributed by atoms with Crippen LogP contribution in [0.5, 0.6) is 0 Å². The summed E-state index contributed by atoms with van der Waals surface area (Å²) < 4.78 is 42.0. The first-order valence-corrected chi connectivity index (χ1v) is 4.65. The number of aldehydes is 1. The maximum Gasteiger partial charge on any atom is 0.314 e. The van der Waals surface area contributed by atoms with Gasteiger partial charge in [0.15, 0.2) is 6.29 Å². The molecule has 2 rings (SSSR count). The van der Waals surface area contributed by atoms with Crippen molar-refractivity contribution in [3.63, 3.8) is 0 Å². The van der Waals surface area contributed by atoms with Gasteiger partial charge in [-0.15, -0.1) is 5.10 Å². The lowest BCUT2D eigenvalue weighted by Crippen LogP contribution is -2.29. The first-order valence-electron chi connectivity index (χ1n) is 4.65. The zero-order valence-electron chi connectivity index (χ0n) is 8.39. The molecule has 0 spiro atoms. The number of hydrogen-bond donors (Lipinski definition) is 0. The molecule has 1 atom stereocenters. The maximum absolute atomic E-state index is 12.7. The molecular formula is C10H7F3N2O2. The summed E-state index contributed by atoms with van der Waals surface area (Å²) in [6, 6.07) is 4.89. The van der Waals surface area contributed by atoms with Crippen molar-refractivity contribution in [2.24, 2.45) is 5.10 Å². The van der Waals surface area contributed by atoms with E-state index in [1.165, 1.54) is 12.1 Å². The molecule has 1 aliphatic heterocycles. The average molecular weight is 244 g/mol. The van der Waals surface area contributed by atoms with Crippen LogP contribution in [0, 0.1) is 5.82 Å². The molecule has 90 valence electrons. The molecule has 4 nitrogen and oxygen atoms in total. The van der Waals surface area contributed by atoms with Gasteiger partial charge in [0.2, 0.25) is 6.23 Å². The minimum atomic E-state index is -2.90. The molecule has 1 aromatic carbocycles. The molecule has 0 saturated heterocycles. The van der Waals surface area contributed by atoms with E-state index in [1.54, 1.807) is 0 Å². The summed E-state index contributed by atoms with van der Waals surface area (Å²) in [7, 11) is 0. The summed E-state index contributed by atoms with van der Waals surface area (Å²) in [5.74, 6) is -1.30. The largest absolute Gasteiger partial charge is 0.442 e. The van der Waals surface area contributed by atoms with Crippen molar-refractivity contribution in [3.05, 3.63) is 30.1 Å². The Labute approximate surface area is 94.3 Å². The Balaban J connectivity index is 2.29. The molecule has 0 aromatic heterocycles. The Kier molecular flexibility index (Phi) is 2.99. The molecule has 1 aromatic rings. The Bertz CT molecular complexity index is 447. The van der Waals surface area contributed by atoms with E-state index in [4.69, 9.17) is 0 Å². The van der Waals surface area contributed by atoms with Crippen LogP contribution in [-0.4, -0.2) is 24.8 Å². The van der Waals surface area contributed by atoms with E-state index in [-0.39, 0.29) is 0 Å². The SMILES string of the molecule is O=CC1OC(C(F)F)=NN1c1ccc(F)cc1. The second kappa shape index (κ2) is 4.44. The van der Waals surface area contributed by atoms with Crippen molar-refractivity contribution in [2.75, 3.05) is 5.01 Å². The number of rotatable bonds is 3. The number of halogens is 3. The quantitative estimate of drug-likeness (QED) is 0.761. The molecular weight excluding hydrogens is 237 g/mol. The van der Waals surface area contributed by atoms with Gasteiger partial charge in [0, 0.05) is 0 Å². The van der Waals surface area contributed by atoms with Crippen molar-refractivity contribution < 1.29 is 22.7 Å². The first kappa shape index (κ1) is 11.4. The summed E-state index contributed by atoms with van der Waals surface area (Å²) in [4.78, 5) is 10.7. The minimum absolute atomic E-state index is 0.291. The van der Waals surface area contributed by atoms with Crippen LogP contribution in [-0.2, 0) is 9.53 Å². The second-order valence-corrected chi connectivity index (χ2v) is 3.20. The highest BCUT2D eigenvalue weighted by Gasteiger charge is 2.33. The van der Waals surface area contributed by atoms with Gasteiger partial charge < -0.3 is 4.74 Å². The van der Waals surface area contributed by atoms with Gasteiger partial charge in [-0.25, -0.2) is 9.40 Å². The van der Waals surface area contributed by atoms with E-state index in [0.29, 0.717) is 12.0 Å². The molecule has 0 N–H and O–H groups in total. The summed E-state index contributed by atoms with van der Waals surface area (Å²) >= 11 is 0. The van der Waals surface area contributed by atoms with Crippen LogP contribution < -0.4 is 5.01 Å². The third kappa shape index (κ3) is 2.22. The predicted octanol–water partition coefficient (Wildman–Crippen LogP) is 1.77. The molecule has 1 heterocycles. The summed E-state index contributed by atoms with van der Waals surface area (Å²) in [6.07, 6.45) is -3.81. The van der Waals surface area contributed by atoms with Crippen molar-refractivity contribution in [1.82, 2.24) is 0 Å². The van der Waals surface area contributed by atoms with Crippen molar-refractivity contribution in [2.45, 2.75) is 12.7 Å². The van der Waals surface area contributed by atoms with Gasteiger partial charge in [0.1, 0.15) is 5.82 Å². The fourth-order valence-corrected chi connectivity index (χ4v) is 1.34. The summed E-state index contributed by atoms with van der Waals surface area (Å²) in [6.45, 7) is 0. The normalized spacial score (nSPS) is 19.2. The van der Waals surface area contributed by atoms with Crippen LogP contribution in [0.4, 0.5) is 18.9 Å². The summed E-state index contributed by atoms with van der Waals surface area (Å²) in [5, 5.41) is 4.43. The number of alkyl halides is 2. The number of hydrogen-bond acceptors (Lipinski definition) is 4. The lowest BCUT2D eigenvalue weighted by Gasteiger charge is -2.16. The fourth-order valence-electron chi connectivity index (χ4n) is 1.34. The van der Waals surface area contributed by atoms with Crippen LogP contribution in [0.25, 0.3) is 0 Å². The fraction of sp³-hybridized carbons (Fsp3) is 0.200. The molecule has 1 aliphatic rings. The van der Waals surface area contributed by atoms with Gasteiger partial charge in [0.05, 0.1) is 5.69 Å². The molecule has 1 unspecified atom stereocenters. The van der Waals surface area contributed by atoms with Crippen molar-refractivity contribution in [1.29, 1.82) is 0 Å². The van der Waals surface area contributed by atoms with E-state index in [2.05, 4.69) is 9.84 Å². The molecule has 0 fully saturated rings. The van der Waals surface area contributed by atoms with Gasteiger partial charge in [-0.3, -0.25) is 4.79 Å². The average Bonchev–Trinajstić information content (AvgIpc) is 2.74. The lowest BCUT2D eigenvalue weighted by molar-refractivity contribution is -0.113. The smallest absolute Gasteiger partial charge is 0.314 e. The topological polar surface area (TPSA) is 41.9 Å². The Morgan fingerprint density at radius 1 is 1.35 bits per heavy atom. The van der Waals surface area contributed by atoms with E-state index < -0.39 is 24.4 Å². The molecule has 0 amide bonds. The van der Waals surface area contributed by atoms with Gasteiger partial charge >= 0.3 is 6.43 Å². The number of hydrazone groups is 1. The number of nitrogens with zero attached hydrogens (tertiary/aromatic N) is 2. The summed E-state index contributed by atoms with van der Waals surface area (Å²) in [5.41, 5.74) is 0.291. The maximum atomic E-state index is 12.7. The molecule has 7 heteroatoms. The number of carbonyl (C=O) groups is 1. The van der Waals surface area contributed by atoms with Crippen LogP contribution in [0.3, 0.4) is 0 Å². The third-order valence-electron chi connectivity index (χ3n) is 2.08. The van der Waals surface area contributed by atoms with Gasteiger partial charge in [-0.2, -0.15) is 8.78 Å². The van der Waals surface area contributed by atoms with Crippen LogP contribution in [0.1, 0.15) is 0 Å². The number of carbonyl (C=O) groups excluding carboxylic acids is 1. The minimum Gasteiger partial charge on any atom is -0.442 e. The van der Waals surface area contributed by atoms with Gasteiger partial charge in [-0.1, -0.05) is 0 Å². The highest BCUT2D eigenvalue weighted by atomic mass is 19.3. The highest BCUT2D eigenvalue weighted by Crippen LogP contribution is 2.23. The second-order valence-electron chi connectivity index (χ2n) is 3.20. The van der Waals surface area contributed by atoms with Crippen LogP contribution >= 0.6 is 0 Å². The highest BCUT2D eigenvalue weighted by molar-refractivity contribution is 5.86. The Hall–Kier alpha value is -2.05. The molecule has 0 bridgehead atoms.